The zero-order chi connectivity index (χ0) is 5.28. The lowest BCUT2D eigenvalue weighted by atomic mass is 10.2. The second-order valence-electron chi connectivity index (χ2n) is 1.95. The van der Waals surface area contributed by atoms with E-state index in [0.717, 1.165) is 0 Å². The van der Waals surface area contributed by atoms with Crippen LogP contribution < -0.4 is 11.3 Å². The zero-order valence-corrected chi connectivity index (χ0v) is 4.52. The van der Waals surface area contributed by atoms with Crippen molar-refractivity contribution in [2.45, 2.75) is 12.6 Å². The highest BCUT2D eigenvalue weighted by molar-refractivity contribution is 4.74. The standard InChI is InChI=1S/C4H11N3/c1-7-3-2-4(7)6-5/h4,6H,2-3,5H2,1H3. The van der Waals surface area contributed by atoms with Crippen LogP contribution in [0.2, 0.25) is 0 Å². The first kappa shape index (κ1) is 5.03. The molecule has 0 radical (unpaired) electrons. The van der Waals surface area contributed by atoms with E-state index in [1.807, 2.05) is 7.05 Å². The molecule has 7 heavy (non-hydrogen) atoms. The topological polar surface area (TPSA) is 41.3 Å². The number of nitrogens with two attached hydrogens (primary N) is 1. The van der Waals surface area contributed by atoms with Crippen molar-refractivity contribution in [1.82, 2.24) is 10.3 Å². The average molecular weight is 101 g/mol. The van der Waals surface area contributed by atoms with Gasteiger partial charge in [0.1, 0.15) is 0 Å². The van der Waals surface area contributed by atoms with Crippen LogP contribution in [0.5, 0.6) is 0 Å². The molecule has 1 atom stereocenters. The number of likely N-dealkylation sites (tertiary alicyclic amines) is 1. The van der Waals surface area contributed by atoms with Crippen LogP contribution in [-0.4, -0.2) is 24.7 Å². The molecule has 3 N–H and O–H groups in total. The number of rotatable bonds is 1. The van der Waals surface area contributed by atoms with Crippen molar-refractivity contribution in [2.24, 2.45) is 5.84 Å². The number of hydrazine groups is 1. The van der Waals surface area contributed by atoms with Gasteiger partial charge >= 0.3 is 0 Å². The van der Waals surface area contributed by atoms with E-state index in [-0.39, 0.29) is 0 Å². The van der Waals surface area contributed by atoms with Crippen molar-refractivity contribution in [3.05, 3.63) is 0 Å². The second-order valence-corrected chi connectivity index (χ2v) is 1.95. The van der Waals surface area contributed by atoms with Crippen molar-refractivity contribution in [3.8, 4) is 0 Å². The van der Waals surface area contributed by atoms with Gasteiger partial charge in [-0.05, 0) is 13.5 Å². The predicted octanol–water partition coefficient (Wildman–Crippen LogP) is -0.889. The molecule has 0 saturated carbocycles. The van der Waals surface area contributed by atoms with Crippen molar-refractivity contribution in [1.29, 1.82) is 0 Å². The van der Waals surface area contributed by atoms with E-state index >= 15 is 0 Å². The summed E-state index contributed by atoms with van der Waals surface area (Å²) >= 11 is 0. The summed E-state index contributed by atoms with van der Waals surface area (Å²) in [5, 5.41) is 0. The smallest absolute Gasteiger partial charge is 0.0736 e. The van der Waals surface area contributed by atoms with Gasteiger partial charge < -0.3 is 0 Å². The molecule has 0 aromatic carbocycles. The molecule has 3 heteroatoms. The average Bonchev–Trinajstić information content (AvgIpc) is 1.65. The van der Waals surface area contributed by atoms with Crippen molar-refractivity contribution < 1.29 is 0 Å². The largest absolute Gasteiger partial charge is 0.290 e. The van der Waals surface area contributed by atoms with Crippen LogP contribution in [0.3, 0.4) is 0 Å². The monoisotopic (exact) mass is 101 g/mol. The summed E-state index contributed by atoms with van der Waals surface area (Å²) in [6.45, 7) is 1.18. The number of hydrogen-bond acceptors (Lipinski definition) is 3. The Balaban J connectivity index is 2.16. The minimum absolute atomic E-state index is 0.444. The van der Waals surface area contributed by atoms with Gasteiger partial charge in [-0.2, -0.15) is 0 Å². The Labute approximate surface area is 43.4 Å². The fourth-order valence-corrected chi connectivity index (χ4v) is 0.727. The number of nitrogens with one attached hydrogen (secondary N) is 1. The van der Waals surface area contributed by atoms with Crippen LogP contribution in [0.15, 0.2) is 0 Å². The maximum absolute atomic E-state index is 5.13. The normalized spacial score (nSPS) is 32.6. The Hall–Kier alpha value is -0.120. The number of hydrogen-bond donors (Lipinski definition) is 2. The van der Waals surface area contributed by atoms with Crippen LogP contribution in [0.4, 0.5) is 0 Å². The van der Waals surface area contributed by atoms with Crippen molar-refractivity contribution >= 4 is 0 Å². The van der Waals surface area contributed by atoms with Gasteiger partial charge in [0.2, 0.25) is 0 Å². The van der Waals surface area contributed by atoms with E-state index in [9.17, 15) is 0 Å². The van der Waals surface area contributed by atoms with Crippen LogP contribution in [0, 0.1) is 0 Å². The Morgan fingerprint density at radius 1 is 1.86 bits per heavy atom. The third-order valence-electron chi connectivity index (χ3n) is 1.48. The predicted molar refractivity (Wildman–Crippen MR) is 28.4 cm³/mol. The lowest BCUT2D eigenvalue weighted by Gasteiger charge is -2.36. The molecule has 0 amide bonds. The van der Waals surface area contributed by atoms with Gasteiger partial charge in [-0.15, -0.1) is 0 Å². The third-order valence-corrected chi connectivity index (χ3v) is 1.48. The van der Waals surface area contributed by atoms with E-state index in [1.54, 1.807) is 0 Å². The molecule has 3 nitrogen and oxygen atoms in total. The Morgan fingerprint density at radius 2 is 2.57 bits per heavy atom. The molecule has 0 spiro atoms. The quantitative estimate of drug-likeness (QED) is 0.332. The van der Waals surface area contributed by atoms with Crippen LogP contribution in [0.1, 0.15) is 6.42 Å². The van der Waals surface area contributed by atoms with Gasteiger partial charge in [-0.1, -0.05) is 0 Å². The molecule has 0 aliphatic carbocycles. The molecule has 0 aromatic heterocycles. The van der Waals surface area contributed by atoms with Crippen LogP contribution in [0.25, 0.3) is 0 Å². The second kappa shape index (κ2) is 1.78. The molecule has 0 bridgehead atoms. The Kier molecular flexibility index (Phi) is 1.27. The lowest BCUT2D eigenvalue weighted by Crippen LogP contribution is -2.56. The lowest BCUT2D eigenvalue weighted by molar-refractivity contribution is 0.0966. The minimum Gasteiger partial charge on any atom is -0.290 e. The van der Waals surface area contributed by atoms with E-state index in [1.165, 1.54) is 13.0 Å². The fraction of sp³-hybridized carbons (Fsp3) is 1.00. The molecule has 42 valence electrons. The van der Waals surface area contributed by atoms with E-state index in [4.69, 9.17) is 5.84 Å². The van der Waals surface area contributed by atoms with Gasteiger partial charge in [0.25, 0.3) is 0 Å². The molecule has 1 rings (SSSR count). The molecular weight excluding hydrogens is 90.1 g/mol. The molecule has 1 unspecified atom stereocenters. The summed E-state index contributed by atoms with van der Waals surface area (Å²) in [7, 11) is 2.05. The summed E-state index contributed by atoms with van der Waals surface area (Å²) in [6, 6.07) is 0. The maximum atomic E-state index is 5.13. The first-order valence-corrected chi connectivity index (χ1v) is 2.51. The molecule has 1 aliphatic rings. The van der Waals surface area contributed by atoms with Crippen LogP contribution >= 0.6 is 0 Å². The summed E-state index contributed by atoms with van der Waals surface area (Å²) in [4.78, 5) is 2.17. The zero-order valence-electron chi connectivity index (χ0n) is 4.52. The highest BCUT2D eigenvalue weighted by atomic mass is 15.4. The minimum atomic E-state index is 0.444. The SMILES string of the molecule is CN1CCC1NN. The number of nitrogens with zero attached hydrogens (tertiary/aromatic N) is 1. The molecular formula is C4H11N3. The Morgan fingerprint density at radius 3 is 2.57 bits per heavy atom. The first-order valence-electron chi connectivity index (χ1n) is 2.51. The van der Waals surface area contributed by atoms with E-state index in [0.29, 0.717) is 6.17 Å². The maximum Gasteiger partial charge on any atom is 0.0736 e. The molecule has 1 saturated heterocycles. The molecule has 0 aromatic rings. The molecule has 1 heterocycles. The van der Waals surface area contributed by atoms with E-state index in [2.05, 4.69) is 10.3 Å². The van der Waals surface area contributed by atoms with Gasteiger partial charge in [0.15, 0.2) is 0 Å². The highest BCUT2D eigenvalue weighted by Gasteiger charge is 2.21. The Bertz CT molecular complexity index is 62.0. The third kappa shape index (κ3) is 0.748. The summed E-state index contributed by atoms with van der Waals surface area (Å²) in [5.74, 6) is 5.13. The van der Waals surface area contributed by atoms with Crippen LogP contribution in [-0.2, 0) is 0 Å². The fourth-order valence-electron chi connectivity index (χ4n) is 0.727. The van der Waals surface area contributed by atoms with Crippen molar-refractivity contribution in [2.75, 3.05) is 13.6 Å². The summed E-state index contributed by atoms with van der Waals surface area (Å²) in [6.07, 6.45) is 1.63. The van der Waals surface area contributed by atoms with Gasteiger partial charge in [-0.3, -0.25) is 10.7 Å². The summed E-state index contributed by atoms with van der Waals surface area (Å²) in [5.41, 5.74) is 2.68. The van der Waals surface area contributed by atoms with Gasteiger partial charge in [-0.25, -0.2) is 5.43 Å². The molecule has 1 aliphatic heterocycles. The first-order chi connectivity index (χ1) is 3.34. The van der Waals surface area contributed by atoms with E-state index < -0.39 is 0 Å². The van der Waals surface area contributed by atoms with Crippen molar-refractivity contribution in [3.63, 3.8) is 0 Å². The highest BCUT2D eigenvalue weighted by Crippen LogP contribution is 2.08. The molecule has 1 fully saturated rings. The van der Waals surface area contributed by atoms with Gasteiger partial charge in [0.05, 0.1) is 6.17 Å². The van der Waals surface area contributed by atoms with Gasteiger partial charge in [0, 0.05) is 6.54 Å². The summed E-state index contributed by atoms with van der Waals surface area (Å²) < 4.78 is 0.